The van der Waals surface area contributed by atoms with Gasteiger partial charge in [0.1, 0.15) is 0 Å². The van der Waals surface area contributed by atoms with Crippen molar-refractivity contribution < 1.29 is 9.53 Å². The Morgan fingerprint density at radius 1 is 1.13 bits per heavy atom. The zero-order chi connectivity index (χ0) is 21.2. The van der Waals surface area contributed by atoms with Gasteiger partial charge in [0, 0.05) is 36.0 Å². The maximum Gasteiger partial charge on any atom is 0.276 e. The second kappa shape index (κ2) is 8.16. The fourth-order valence-corrected chi connectivity index (χ4v) is 3.66. The number of rotatable bonds is 6. The van der Waals surface area contributed by atoms with E-state index in [0.29, 0.717) is 17.3 Å². The maximum atomic E-state index is 12.8. The number of anilines is 1. The fraction of sp³-hybridized carbons (Fsp3) is 0.217. The zero-order valence-electron chi connectivity index (χ0n) is 17.1. The van der Waals surface area contributed by atoms with Crippen LogP contribution >= 0.6 is 0 Å². The molecule has 3 aromatic heterocycles. The van der Waals surface area contributed by atoms with Crippen LogP contribution in [0.25, 0.3) is 22.0 Å². The molecule has 0 saturated carbocycles. The number of aromatic nitrogens is 4. The summed E-state index contributed by atoms with van der Waals surface area (Å²) in [5, 5.41) is 10.8. The third-order valence-corrected chi connectivity index (χ3v) is 5.46. The van der Waals surface area contributed by atoms with E-state index in [1.54, 1.807) is 25.4 Å². The summed E-state index contributed by atoms with van der Waals surface area (Å²) in [6, 6.07) is 11.5. The molecule has 5 rings (SSSR count). The van der Waals surface area contributed by atoms with Crippen LogP contribution in [0, 0.1) is 0 Å². The normalized spacial score (nSPS) is 13.7. The SMILES string of the molecule is COc1ccc(NC(=O)c2n[nH]c3ccc(-c4cncc(CN5CCC5)c4)cc23)cn1. The first-order chi connectivity index (χ1) is 15.2. The van der Waals surface area contributed by atoms with Gasteiger partial charge >= 0.3 is 0 Å². The van der Waals surface area contributed by atoms with Gasteiger partial charge in [0.05, 0.1) is 24.5 Å². The highest BCUT2D eigenvalue weighted by atomic mass is 16.5. The van der Waals surface area contributed by atoms with Crippen LogP contribution in [0.4, 0.5) is 5.69 Å². The third-order valence-electron chi connectivity index (χ3n) is 5.46. The molecular weight excluding hydrogens is 392 g/mol. The second-order valence-electron chi connectivity index (χ2n) is 7.59. The lowest BCUT2D eigenvalue weighted by Crippen LogP contribution is -2.36. The Balaban J connectivity index is 1.41. The molecule has 31 heavy (non-hydrogen) atoms. The van der Waals surface area contributed by atoms with Gasteiger partial charge in [-0.1, -0.05) is 6.07 Å². The number of methoxy groups -OCH3 is 1. The van der Waals surface area contributed by atoms with Crippen molar-refractivity contribution in [1.29, 1.82) is 0 Å². The molecule has 0 aliphatic carbocycles. The molecule has 0 atom stereocenters. The van der Waals surface area contributed by atoms with Gasteiger partial charge in [-0.25, -0.2) is 4.98 Å². The van der Waals surface area contributed by atoms with Gasteiger partial charge in [0.2, 0.25) is 5.88 Å². The number of amides is 1. The summed E-state index contributed by atoms with van der Waals surface area (Å²) in [4.78, 5) is 23.8. The maximum absolute atomic E-state index is 12.8. The molecule has 0 bridgehead atoms. The summed E-state index contributed by atoms with van der Waals surface area (Å²) in [7, 11) is 1.55. The molecule has 8 heteroatoms. The first kappa shape index (κ1) is 19.2. The van der Waals surface area contributed by atoms with Crippen molar-refractivity contribution in [3.05, 3.63) is 66.2 Å². The van der Waals surface area contributed by atoms with Crippen molar-refractivity contribution in [3.8, 4) is 17.0 Å². The minimum absolute atomic E-state index is 0.306. The van der Waals surface area contributed by atoms with Gasteiger partial charge in [-0.2, -0.15) is 5.10 Å². The van der Waals surface area contributed by atoms with Gasteiger partial charge in [-0.15, -0.1) is 0 Å². The number of benzene rings is 1. The molecule has 0 radical (unpaired) electrons. The highest BCUT2D eigenvalue weighted by Gasteiger charge is 2.17. The van der Waals surface area contributed by atoms with Crippen LogP contribution in [0.15, 0.2) is 55.0 Å². The van der Waals surface area contributed by atoms with Gasteiger partial charge in [-0.05, 0) is 54.9 Å². The predicted molar refractivity (Wildman–Crippen MR) is 118 cm³/mol. The van der Waals surface area contributed by atoms with E-state index in [0.717, 1.165) is 41.7 Å². The van der Waals surface area contributed by atoms with E-state index in [-0.39, 0.29) is 5.91 Å². The van der Waals surface area contributed by atoms with E-state index in [2.05, 4.69) is 36.4 Å². The Kier molecular flexibility index (Phi) is 5.05. The van der Waals surface area contributed by atoms with Crippen LogP contribution in [-0.2, 0) is 6.54 Å². The lowest BCUT2D eigenvalue weighted by atomic mass is 10.0. The Morgan fingerprint density at radius 3 is 2.77 bits per heavy atom. The highest BCUT2D eigenvalue weighted by molar-refractivity contribution is 6.11. The second-order valence-corrected chi connectivity index (χ2v) is 7.59. The largest absolute Gasteiger partial charge is 0.481 e. The molecule has 156 valence electrons. The zero-order valence-corrected chi connectivity index (χ0v) is 17.1. The van der Waals surface area contributed by atoms with Crippen molar-refractivity contribution in [2.45, 2.75) is 13.0 Å². The quantitative estimate of drug-likeness (QED) is 0.501. The van der Waals surface area contributed by atoms with Crippen molar-refractivity contribution in [2.75, 3.05) is 25.5 Å². The van der Waals surface area contributed by atoms with Gasteiger partial charge < -0.3 is 10.1 Å². The van der Waals surface area contributed by atoms with Gasteiger partial charge in [-0.3, -0.25) is 19.8 Å². The van der Waals surface area contributed by atoms with Crippen LogP contribution in [0.1, 0.15) is 22.5 Å². The minimum Gasteiger partial charge on any atom is -0.481 e. The Bertz CT molecular complexity index is 1230. The number of carbonyl (C=O) groups is 1. The number of nitrogens with zero attached hydrogens (tertiary/aromatic N) is 4. The standard InChI is InChI=1S/C23H22N6O2/c1-31-21-6-4-18(13-25-21)26-23(30)22-19-10-16(3-5-20(19)27-28-22)17-9-15(11-24-12-17)14-29-7-2-8-29/h3-6,9-13H,2,7-8,14H2,1H3,(H,26,30)(H,27,28). The molecule has 1 aliphatic rings. The Morgan fingerprint density at radius 2 is 2.03 bits per heavy atom. The van der Waals surface area contributed by atoms with Crippen LogP contribution < -0.4 is 10.1 Å². The number of fused-ring (bicyclic) bond motifs is 1. The van der Waals surface area contributed by atoms with E-state index in [1.807, 2.05) is 30.6 Å². The topological polar surface area (TPSA) is 96.0 Å². The number of carbonyl (C=O) groups excluding carboxylic acids is 1. The lowest BCUT2D eigenvalue weighted by Gasteiger charge is -2.30. The van der Waals surface area contributed by atoms with E-state index in [9.17, 15) is 4.79 Å². The van der Waals surface area contributed by atoms with Crippen molar-refractivity contribution >= 4 is 22.5 Å². The Hall–Kier alpha value is -3.78. The molecule has 0 unspecified atom stereocenters. The number of likely N-dealkylation sites (tertiary alicyclic amines) is 1. The summed E-state index contributed by atoms with van der Waals surface area (Å²) >= 11 is 0. The van der Waals surface area contributed by atoms with Crippen LogP contribution in [0.2, 0.25) is 0 Å². The van der Waals surface area contributed by atoms with E-state index in [1.165, 1.54) is 12.0 Å². The molecule has 1 saturated heterocycles. The average Bonchev–Trinajstić information content (AvgIpc) is 3.20. The van der Waals surface area contributed by atoms with E-state index >= 15 is 0 Å². The smallest absolute Gasteiger partial charge is 0.276 e. The Labute approximate surface area is 179 Å². The summed E-state index contributed by atoms with van der Waals surface area (Å²) in [6.45, 7) is 3.21. The van der Waals surface area contributed by atoms with E-state index < -0.39 is 0 Å². The lowest BCUT2D eigenvalue weighted by molar-refractivity contribution is 0.102. The van der Waals surface area contributed by atoms with Crippen LogP contribution in [0.3, 0.4) is 0 Å². The van der Waals surface area contributed by atoms with Crippen molar-refractivity contribution in [3.63, 3.8) is 0 Å². The van der Waals surface area contributed by atoms with Crippen LogP contribution in [0.5, 0.6) is 5.88 Å². The molecule has 1 aromatic carbocycles. The molecule has 8 nitrogen and oxygen atoms in total. The first-order valence-electron chi connectivity index (χ1n) is 10.2. The molecule has 2 N–H and O–H groups in total. The molecule has 1 fully saturated rings. The van der Waals surface area contributed by atoms with Crippen LogP contribution in [-0.4, -0.2) is 51.2 Å². The third kappa shape index (κ3) is 3.97. The van der Waals surface area contributed by atoms with Crippen molar-refractivity contribution in [1.82, 2.24) is 25.1 Å². The number of H-pyrrole nitrogens is 1. The van der Waals surface area contributed by atoms with Crippen molar-refractivity contribution in [2.24, 2.45) is 0 Å². The molecular formula is C23H22N6O2. The minimum atomic E-state index is -0.306. The van der Waals surface area contributed by atoms with Gasteiger partial charge in [0.15, 0.2) is 5.69 Å². The fourth-order valence-electron chi connectivity index (χ4n) is 3.66. The van der Waals surface area contributed by atoms with Gasteiger partial charge in [0.25, 0.3) is 5.91 Å². The number of pyridine rings is 2. The summed E-state index contributed by atoms with van der Waals surface area (Å²) in [6.07, 6.45) is 6.58. The molecule has 0 spiro atoms. The molecule has 4 heterocycles. The summed E-state index contributed by atoms with van der Waals surface area (Å²) in [5.41, 5.74) is 4.90. The molecule has 1 amide bonds. The molecule has 1 aliphatic heterocycles. The number of nitrogens with one attached hydrogen (secondary N) is 2. The monoisotopic (exact) mass is 414 g/mol. The number of aromatic amines is 1. The number of hydrogen-bond acceptors (Lipinski definition) is 6. The average molecular weight is 414 g/mol. The summed E-state index contributed by atoms with van der Waals surface area (Å²) in [5.74, 6) is 0.179. The summed E-state index contributed by atoms with van der Waals surface area (Å²) < 4.78 is 5.05. The first-order valence-corrected chi connectivity index (χ1v) is 10.2. The number of hydrogen-bond donors (Lipinski definition) is 2. The highest BCUT2D eigenvalue weighted by Crippen LogP contribution is 2.27. The molecule has 4 aromatic rings. The van der Waals surface area contributed by atoms with E-state index in [4.69, 9.17) is 4.74 Å². The predicted octanol–water partition coefficient (Wildman–Crippen LogP) is 3.49. The number of ether oxygens (including phenoxy) is 1.